The minimum atomic E-state index is -0.349. The fraction of sp³-hybridized carbons (Fsp3) is 0.438. The molecule has 2 aliphatic rings. The van der Waals surface area contributed by atoms with Crippen LogP contribution in [-0.4, -0.2) is 93.9 Å². The van der Waals surface area contributed by atoms with Gasteiger partial charge >= 0.3 is 0 Å². The third kappa shape index (κ3) is 4.40. The van der Waals surface area contributed by atoms with Crippen LogP contribution in [0, 0.1) is 19.7 Å². The number of halogens is 1. The van der Waals surface area contributed by atoms with Crippen molar-refractivity contribution in [1.82, 2.24) is 29.5 Å². The number of likely N-dealkylation sites (N-methyl/N-ethyl adjacent to an activating group) is 1. The van der Waals surface area contributed by atoms with Crippen molar-refractivity contribution in [2.45, 2.75) is 45.8 Å². The summed E-state index contributed by atoms with van der Waals surface area (Å²) in [7, 11) is 6.03. The van der Waals surface area contributed by atoms with E-state index in [-0.39, 0.29) is 23.8 Å². The largest absolute Gasteiger partial charge is 0.349 e. The third-order valence-corrected chi connectivity index (χ3v) is 9.05. The summed E-state index contributed by atoms with van der Waals surface area (Å²) in [5.41, 5.74) is 4.37. The summed E-state index contributed by atoms with van der Waals surface area (Å²) in [5.74, 6) is 0.808. The van der Waals surface area contributed by atoms with Crippen molar-refractivity contribution in [2.24, 2.45) is 7.05 Å². The molecule has 0 bridgehead atoms. The van der Waals surface area contributed by atoms with E-state index in [1.807, 2.05) is 61.8 Å². The van der Waals surface area contributed by atoms with Crippen molar-refractivity contribution >= 4 is 39.5 Å². The Hall–Kier alpha value is -4.05. The highest BCUT2D eigenvalue weighted by molar-refractivity contribution is 6.01. The first-order valence-electron chi connectivity index (χ1n) is 14.5. The molecular formula is C32H39FN8O. The summed E-state index contributed by atoms with van der Waals surface area (Å²) in [6, 6.07) is 6.38. The molecular weight excluding hydrogens is 531 g/mol. The monoisotopic (exact) mass is 570 g/mol. The number of aromatic nitrogens is 4. The molecule has 0 aliphatic carbocycles. The number of fused-ring (bicyclic) bond motifs is 2. The van der Waals surface area contributed by atoms with Gasteiger partial charge in [0.05, 0.1) is 11.7 Å². The molecule has 4 aromatic rings. The van der Waals surface area contributed by atoms with Crippen LogP contribution >= 0.6 is 0 Å². The summed E-state index contributed by atoms with van der Waals surface area (Å²) in [6.45, 7) is 14.4. The lowest BCUT2D eigenvalue weighted by atomic mass is 9.92. The van der Waals surface area contributed by atoms with E-state index in [1.165, 1.54) is 6.08 Å². The highest BCUT2D eigenvalue weighted by Crippen LogP contribution is 2.41. The molecule has 42 heavy (non-hydrogen) atoms. The second kappa shape index (κ2) is 10.3. The van der Waals surface area contributed by atoms with Gasteiger partial charge in [0.2, 0.25) is 11.9 Å². The van der Waals surface area contributed by atoms with Crippen LogP contribution in [-0.2, 0) is 11.8 Å². The van der Waals surface area contributed by atoms with Crippen LogP contribution in [0.4, 0.5) is 16.2 Å². The molecule has 0 N–H and O–H groups in total. The Morgan fingerprint density at radius 2 is 1.79 bits per heavy atom. The van der Waals surface area contributed by atoms with Crippen molar-refractivity contribution in [2.75, 3.05) is 50.1 Å². The molecule has 0 saturated carbocycles. The van der Waals surface area contributed by atoms with Crippen molar-refractivity contribution in [3.8, 4) is 11.1 Å². The van der Waals surface area contributed by atoms with E-state index in [1.54, 1.807) is 0 Å². The van der Waals surface area contributed by atoms with Crippen molar-refractivity contribution in [1.29, 1.82) is 0 Å². The lowest BCUT2D eigenvalue weighted by Gasteiger charge is -2.45. The minimum Gasteiger partial charge on any atom is -0.349 e. The van der Waals surface area contributed by atoms with Crippen molar-refractivity contribution in [3.05, 3.63) is 54.0 Å². The number of anilines is 2. The zero-order valence-electron chi connectivity index (χ0n) is 25.5. The van der Waals surface area contributed by atoms with Gasteiger partial charge in [-0.3, -0.25) is 9.48 Å². The maximum atomic E-state index is 17.0. The van der Waals surface area contributed by atoms with Gasteiger partial charge in [0, 0.05) is 73.3 Å². The molecule has 10 heteroatoms. The highest BCUT2D eigenvalue weighted by atomic mass is 19.1. The van der Waals surface area contributed by atoms with E-state index in [2.05, 4.69) is 47.4 Å². The predicted molar refractivity (Wildman–Crippen MR) is 167 cm³/mol. The molecule has 220 valence electrons. The highest BCUT2D eigenvalue weighted by Gasteiger charge is 2.36. The standard InChI is InChI=1S/C32H39FN8O/c1-9-25(42)40-14-21(5)41(15-20(40)4)31-24-12-19(3)26(27-18(2)10-11-22-13-34-38(8)30(22)27)28(33)29(24)35-32(36-31)39-16-23(17-39)37(6)7/h9-13,20-21,23H,1,14-17H2,2-8H3/t20-,21-/m0/s1. The molecule has 2 aromatic carbocycles. The van der Waals surface area contributed by atoms with Gasteiger partial charge in [-0.15, -0.1) is 0 Å². The quantitative estimate of drug-likeness (QED) is 0.331. The molecule has 0 unspecified atom stereocenters. The van der Waals surface area contributed by atoms with Gasteiger partial charge in [-0.2, -0.15) is 10.1 Å². The number of hydrogen-bond acceptors (Lipinski definition) is 7. The van der Waals surface area contributed by atoms with Crippen LogP contribution < -0.4 is 9.80 Å². The fourth-order valence-corrected chi connectivity index (χ4v) is 6.47. The molecule has 4 heterocycles. The van der Waals surface area contributed by atoms with Crippen LogP contribution in [0.25, 0.3) is 32.9 Å². The maximum Gasteiger partial charge on any atom is 0.246 e. The molecule has 0 radical (unpaired) electrons. The number of nitrogens with zero attached hydrogens (tertiary/aromatic N) is 8. The fourth-order valence-electron chi connectivity index (χ4n) is 6.47. The van der Waals surface area contributed by atoms with Crippen LogP contribution in [0.15, 0.2) is 37.1 Å². The molecule has 0 spiro atoms. The Bertz CT molecular complexity index is 1720. The van der Waals surface area contributed by atoms with E-state index >= 15 is 4.39 Å². The van der Waals surface area contributed by atoms with Gasteiger partial charge in [0.15, 0.2) is 5.82 Å². The predicted octanol–water partition coefficient (Wildman–Crippen LogP) is 4.30. The summed E-state index contributed by atoms with van der Waals surface area (Å²) >= 11 is 0. The number of aryl methyl sites for hydroxylation is 3. The summed E-state index contributed by atoms with van der Waals surface area (Å²) < 4.78 is 18.8. The Morgan fingerprint density at radius 1 is 1.05 bits per heavy atom. The SMILES string of the molecule is C=CC(=O)N1C[C@H](C)N(c2nc(N3CC(N(C)C)C3)nc3c(F)c(-c4c(C)ccc5cnn(C)c45)c(C)cc23)C[C@@H]1C. The number of rotatable bonds is 5. The topological polar surface area (TPSA) is 73.6 Å². The molecule has 2 saturated heterocycles. The van der Waals surface area contributed by atoms with Gasteiger partial charge in [-0.1, -0.05) is 18.7 Å². The first kappa shape index (κ1) is 28.1. The number of carbonyl (C=O) groups excluding carboxylic acids is 1. The number of hydrogen-bond donors (Lipinski definition) is 0. The number of benzene rings is 2. The zero-order valence-corrected chi connectivity index (χ0v) is 25.5. The molecule has 2 fully saturated rings. The molecule has 2 atom stereocenters. The normalized spacial score (nSPS) is 19.7. The molecule has 1 amide bonds. The van der Waals surface area contributed by atoms with Gasteiger partial charge < -0.3 is 19.6 Å². The summed E-state index contributed by atoms with van der Waals surface area (Å²) in [5, 5.41) is 6.10. The lowest BCUT2D eigenvalue weighted by molar-refractivity contribution is -0.128. The molecule has 2 aliphatic heterocycles. The van der Waals surface area contributed by atoms with Crippen molar-refractivity contribution < 1.29 is 9.18 Å². The average molecular weight is 571 g/mol. The second-order valence-corrected chi connectivity index (χ2v) is 12.2. The Balaban J connectivity index is 1.55. The first-order valence-corrected chi connectivity index (χ1v) is 14.5. The van der Waals surface area contributed by atoms with Crippen LogP contribution in [0.5, 0.6) is 0 Å². The van der Waals surface area contributed by atoms with E-state index < -0.39 is 0 Å². The molecule has 6 rings (SSSR count). The maximum absolute atomic E-state index is 17.0. The van der Waals surface area contributed by atoms with Crippen LogP contribution in [0.1, 0.15) is 25.0 Å². The summed E-state index contributed by atoms with van der Waals surface area (Å²) in [6.07, 6.45) is 3.18. The van der Waals surface area contributed by atoms with E-state index in [0.717, 1.165) is 40.7 Å². The lowest BCUT2D eigenvalue weighted by Crippen LogP contribution is -2.59. The number of amides is 1. The Labute approximate surface area is 246 Å². The third-order valence-electron chi connectivity index (χ3n) is 9.05. The molecule has 2 aromatic heterocycles. The zero-order chi connectivity index (χ0) is 30.0. The Morgan fingerprint density at radius 3 is 2.48 bits per heavy atom. The van der Waals surface area contributed by atoms with Gasteiger partial charge in [0.25, 0.3) is 0 Å². The van der Waals surface area contributed by atoms with E-state index in [4.69, 9.17) is 9.97 Å². The molecule has 9 nitrogen and oxygen atoms in total. The van der Waals surface area contributed by atoms with Crippen LogP contribution in [0.3, 0.4) is 0 Å². The second-order valence-electron chi connectivity index (χ2n) is 12.2. The van der Waals surface area contributed by atoms with E-state index in [0.29, 0.717) is 47.4 Å². The number of carbonyl (C=O) groups is 1. The first-order chi connectivity index (χ1) is 20.0. The van der Waals surface area contributed by atoms with Gasteiger partial charge in [-0.25, -0.2) is 9.37 Å². The van der Waals surface area contributed by atoms with Gasteiger partial charge in [-0.05, 0) is 65.1 Å². The van der Waals surface area contributed by atoms with E-state index in [9.17, 15) is 4.79 Å². The number of piperazine rings is 1. The van der Waals surface area contributed by atoms with Crippen LogP contribution in [0.2, 0.25) is 0 Å². The minimum absolute atomic E-state index is 0.0320. The van der Waals surface area contributed by atoms with Gasteiger partial charge in [0.1, 0.15) is 11.3 Å². The average Bonchev–Trinajstić information content (AvgIpc) is 3.30. The van der Waals surface area contributed by atoms with Crippen molar-refractivity contribution in [3.63, 3.8) is 0 Å². The Kier molecular flexibility index (Phi) is 6.92. The smallest absolute Gasteiger partial charge is 0.246 e. The summed E-state index contributed by atoms with van der Waals surface area (Å²) in [4.78, 5) is 30.9.